The Labute approximate surface area is 62.7 Å². The average molecular weight is 144 g/mol. The molecule has 0 saturated heterocycles. The maximum absolute atomic E-state index is 4.97. The minimum atomic E-state index is 0.611. The third-order valence-corrected chi connectivity index (χ3v) is 1.82. The summed E-state index contributed by atoms with van der Waals surface area (Å²) in [5, 5.41) is 3.79. The van der Waals surface area contributed by atoms with Gasteiger partial charge in [0.2, 0.25) is 5.82 Å². The summed E-state index contributed by atoms with van der Waals surface area (Å²) in [6.07, 6.45) is 0. The van der Waals surface area contributed by atoms with Crippen LogP contribution in [0.2, 0.25) is 0 Å². The van der Waals surface area contributed by atoms with Gasteiger partial charge in [0.05, 0.1) is 0 Å². The van der Waals surface area contributed by atoms with Gasteiger partial charge in [0.25, 0.3) is 5.89 Å². The van der Waals surface area contributed by atoms with Crippen LogP contribution in [0, 0.1) is 0 Å². The second-order valence-electron chi connectivity index (χ2n) is 2.50. The van der Waals surface area contributed by atoms with Crippen molar-refractivity contribution in [1.29, 1.82) is 0 Å². The van der Waals surface area contributed by atoms with Crippen LogP contribution in [0.5, 0.6) is 0 Å². The van der Waals surface area contributed by atoms with E-state index in [-0.39, 0.29) is 0 Å². The van der Waals surface area contributed by atoms with Gasteiger partial charge in [-0.2, -0.15) is 4.98 Å². The number of aromatic nitrogens is 2. The largest absolute Gasteiger partial charge is 0.334 e. The Hall–Kier alpha value is -1.64. The van der Waals surface area contributed by atoms with Crippen LogP contribution in [0.1, 0.15) is 0 Å². The molecule has 2 aliphatic heterocycles. The van der Waals surface area contributed by atoms with Gasteiger partial charge in [-0.15, -0.1) is 0 Å². The summed E-state index contributed by atoms with van der Waals surface area (Å²) < 4.78 is 4.97. The first-order valence-corrected chi connectivity index (χ1v) is 3.38. The van der Waals surface area contributed by atoms with E-state index in [1.807, 2.05) is 24.3 Å². The smallest absolute Gasteiger partial charge is 0.258 e. The molecule has 4 bridgehead atoms. The fraction of sp³-hybridized carbons (Fsp3) is 0. The predicted molar refractivity (Wildman–Crippen MR) is 38.7 cm³/mol. The molecule has 2 aliphatic rings. The van der Waals surface area contributed by atoms with Crippen molar-refractivity contribution in [3.63, 3.8) is 0 Å². The van der Waals surface area contributed by atoms with Crippen LogP contribution in [-0.2, 0) is 0 Å². The molecule has 1 aromatic heterocycles. The molecule has 0 aliphatic carbocycles. The van der Waals surface area contributed by atoms with E-state index in [4.69, 9.17) is 4.52 Å². The lowest BCUT2D eigenvalue weighted by Gasteiger charge is -1.93. The van der Waals surface area contributed by atoms with E-state index < -0.39 is 0 Å². The van der Waals surface area contributed by atoms with E-state index in [2.05, 4.69) is 10.1 Å². The van der Waals surface area contributed by atoms with Crippen LogP contribution in [0.3, 0.4) is 0 Å². The van der Waals surface area contributed by atoms with Crippen molar-refractivity contribution in [2.45, 2.75) is 0 Å². The van der Waals surface area contributed by atoms with Crippen LogP contribution < -0.4 is 0 Å². The van der Waals surface area contributed by atoms with Crippen molar-refractivity contribution >= 4 is 0 Å². The fourth-order valence-corrected chi connectivity index (χ4v) is 1.22. The van der Waals surface area contributed by atoms with Crippen LogP contribution in [0.4, 0.5) is 0 Å². The zero-order valence-electron chi connectivity index (χ0n) is 5.61. The van der Waals surface area contributed by atoms with Crippen molar-refractivity contribution < 1.29 is 4.52 Å². The molecule has 2 aromatic rings. The normalized spacial score (nSPS) is 11.6. The molecular weight excluding hydrogens is 140 g/mol. The SMILES string of the molecule is c1cc2ccc1-c1noc-2n1. The van der Waals surface area contributed by atoms with E-state index in [1.165, 1.54) is 0 Å². The third-order valence-electron chi connectivity index (χ3n) is 1.82. The summed E-state index contributed by atoms with van der Waals surface area (Å²) in [7, 11) is 0. The highest BCUT2D eigenvalue weighted by atomic mass is 16.5. The van der Waals surface area contributed by atoms with E-state index in [9.17, 15) is 0 Å². The fourth-order valence-electron chi connectivity index (χ4n) is 1.22. The first-order valence-electron chi connectivity index (χ1n) is 3.38. The molecule has 0 unspecified atom stereocenters. The quantitative estimate of drug-likeness (QED) is 0.482. The predicted octanol–water partition coefficient (Wildman–Crippen LogP) is 1.72. The van der Waals surface area contributed by atoms with Gasteiger partial charge < -0.3 is 4.52 Å². The second-order valence-corrected chi connectivity index (χ2v) is 2.50. The summed E-state index contributed by atoms with van der Waals surface area (Å²) in [5.74, 6) is 1.29. The number of hydrogen-bond acceptors (Lipinski definition) is 3. The van der Waals surface area contributed by atoms with E-state index in [0.29, 0.717) is 11.7 Å². The molecule has 0 saturated carbocycles. The molecule has 52 valence electrons. The molecule has 0 radical (unpaired) electrons. The standard InChI is InChI=1S/C8H4N2O/c1-3-6-4-2-5(1)7-9-8(6)11-10-7/h1-4H. The van der Waals surface area contributed by atoms with E-state index >= 15 is 0 Å². The molecule has 3 heteroatoms. The van der Waals surface area contributed by atoms with Crippen LogP contribution in [-0.4, -0.2) is 10.1 Å². The molecule has 11 heavy (non-hydrogen) atoms. The molecule has 3 nitrogen and oxygen atoms in total. The minimum Gasteiger partial charge on any atom is -0.334 e. The Balaban J connectivity index is 2.56. The highest BCUT2D eigenvalue weighted by molar-refractivity contribution is 5.67. The first kappa shape index (κ1) is 5.07. The maximum atomic E-state index is 4.97. The molecular formula is C8H4N2O. The van der Waals surface area contributed by atoms with Gasteiger partial charge in [-0.05, 0) is 12.1 Å². The summed E-state index contributed by atoms with van der Waals surface area (Å²) >= 11 is 0. The van der Waals surface area contributed by atoms with Crippen molar-refractivity contribution in [1.82, 2.24) is 10.1 Å². The van der Waals surface area contributed by atoms with Crippen LogP contribution >= 0.6 is 0 Å². The molecule has 3 heterocycles. The van der Waals surface area contributed by atoms with Gasteiger partial charge in [-0.25, -0.2) is 0 Å². The summed E-state index contributed by atoms with van der Waals surface area (Å²) in [6.45, 7) is 0. The van der Waals surface area contributed by atoms with Gasteiger partial charge in [0.15, 0.2) is 0 Å². The van der Waals surface area contributed by atoms with Crippen molar-refractivity contribution in [3.8, 4) is 22.8 Å². The Kier molecular flexibility index (Phi) is 0.692. The first-order chi connectivity index (χ1) is 5.43. The van der Waals surface area contributed by atoms with E-state index in [1.54, 1.807) is 0 Å². The molecule has 0 spiro atoms. The van der Waals surface area contributed by atoms with Crippen LogP contribution in [0.15, 0.2) is 28.8 Å². The number of nitrogens with zero attached hydrogens (tertiary/aromatic N) is 2. The Morgan fingerprint density at radius 3 is 2.55 bits per heavy atom. The molecule has 4 rings (SSSR count). The minimum absolute atomic E-state index is 0.611. The number of hydrogen-bond donors (Lipinski definition) is 0. The molecule has 1 aromatic carbocycles. The third kappa shape index (κ3) is 0.526. The Morgan fingerprint density at radius 2 is 1.73 bits per heavy atom. The number of rotatable bonds is 0. The second kappa shape index (κ2) is 1.50. The van der Waals surface area contributed by atoms with Crippen molar-refractivity contribution in [3.05, 3.63) is 24.3 Å². The lowest BCUT2D eigenvalue weighted by molar-refractivity contribution is 0.431. The molecule has 0 N–H and O–H groups in total. The van der Waals surface area contributed by atoms with Crippen molar-refractivity contribution in [2.75, 3.05) is 0 Å². The summed E-state index contributed by atoms with van der Waals surface area (Å²) in [5.41, 5.74) is 2.01. The summed E-state index contributed by atoms with van der Waals surface area (Å²) in [4.78, 5) is 4.16. The monoisotopic (exact) mass is 144 g/mol. The van der Waals surface area contributed by atoms with Crippen molar-refractivity contribution in [2.24, 2.45) is 0 Å². The average Bonchev–Trinajstić information content (AvgIpc) is 2.38. The molecule has 0 fully saturated rings. The van der Waals surface area contributed by atoms with E-state index in [0.717, 1.165) is 11.1 Å². The highest BCUT2D eigenvalue weighted by Crippen LogP contribution is 2.27. The Morgan fingerprint density at radius 1 is 1.00 bits per heavy atom. The van der Waals surface area contributed by atoms with Gasteiger partial charge >= 0.3 is 0 Å². The Bertz CT molecular complexity index is 365. The molecule has 0 atom stereocenters. The van der Waals surface area contributed by atoms with Gasteiger partial charge in [0.1, 0.15) is 0 Å². The zero-order valence-corrected chi connectivity index (χ0v) is 5.61. The topological polar surface area (TPSA) is 38.9 Å². The van der Waals surface area contributed by atoms with Gasteiger partial charge in [0, 0.05) is 11.1 Å². The molecule has 0 amide bonds. The number of benzene rings is 1. The summed E-state index contributed by atoms with van der Waals surface area (Å²) in [6, 6.07) is 7.95. The highest BCUT2D eigenvalue weighted by Gasteiger charge is 2.14. The zero-order chi connectivity index (χ0) is 7.26. The lowest BCUT2D eigenvalue weighted by atomic mass is 10.1. The van der Waals surface area contributed by atoms with Crippen LogP contribution in [0.25, 0.3) is 22.8 Å². The van der Waals surface area contributed by atoms with Gasteiger partial charge in [-0.3, -0.25) is 0 Å². The lowest BCUT2D eigenvalue weighted by Crippen LogP contribution is -1.76. The maximum Gasteiger partial charge on any atom is 0.258 e. The number of fused-ring (bicyclic) bond motifs is 2. The van der Waals surface area contributed by atoms with Gasteiger partial charge in [-0.1, -0.05) is 17.3 Å².